The summed E-state index contributed by atoms with van der Waals surface area (Å²) in [6.45, 7) is 11.7. The predicted molar refractivity (Wildman–Crippen MR) is 85.5 cm³/mol. The van der Waals surface area contributed by atoms with Gasteiger partial charge >= 0.3 is 0 Å². The standard InChI is InChI=1S/C16H28N4/c1-5-8-14-18-15(17-6-2)12(4)16(19-14)20(7-3)11-13-9-10-13/h13H,5-11H2,1-4H3,(H,17,18,19). The van der Waals surface area contributed by atoms with Gasteiger partial charge in [-0.2, -0.15) is 0 Å². The zero-order valence-electron chi connectivity index (χ0n) is 13.4. The first kappa shape index (κ1) is 15.1. The predicted octanol–water partition coefficient (Wildman–Crippen LogP) is 3.41. The molecule has 20 heavy (non-hydrogen) atoms. The van der Waals surface area contributed by atoms with E-state index in [-0.39, 0.29) is 0 Å². The molecule has 0 aliphatic heterocycles. The molecule has 1 aromatic heterocycles. The summed E-state index contributed by atoms with van der Waals surface area (Å²) in [6, 6.07) is 0. The molecule has 1 heterocycles. The monoisotopic (exact) mass is 276 g/mol. The van der Waals surface area contributed by atoms with Crippen molar-refractivity contribution < 1.29 is 0 Å². The first-order valence-electron chi connectivity index (χ1n) is 8.05. The second-order valence-corrected chi connectivity index (χ2v) is 5.70. The van der Waals surface area contributed by atoms with E-state index in [1.165, 1.54) is 18.4 Å². The largest absolute Gasteiger partial charge is 0.370 e. The highest BCUT2D eigenvalue weighted by Crippen LogP contribution is 2.32. The maximum absolute atomic E-state index is 4.83. The van der Waals surface area contributed by atoms with Crippen LogP contribution in [0.25, 0.3) is 0 Å². The molecule has 1 aliphatic carbocycles. The number of rotatable bonds is 8. The Kier molecular flexibility index (Phi) is 5.21. The number of aromatic nitrogens is 2. The number of hydrogen-bond acceptors (Lipinski definition) is 4. The maximum atomic E-state index is 4.83. The van der Waals surface area contributed by atoms with E-state index in [0.29, 0.717) is 0 Å². The Bertz CT molecular complexity index is 440. The van der Waals surface area contributed by atoms with Crippen molar-refractivity contribution in [3.8, 4) is 0 Å². The van der Waals surface area contributed by atoms with E-state index in [9.17, 15) is 0 Å². The lowest BCUT2D eigenvalue weighted by Crippen LogP contribution is -2.28. The second kappa shape index (κ2) is 6.91. The Morgan fingerprint density at radius 3 is 2.50 bits per heavy atom. The van der Waals surface area contributed by atoms with Gasteiger partial charge < -0.3 is 10.2 Å². The molecule has 0 spiro atoms. The van der Waals surface area contributed by atoms with Crippen LogP contribution >= 0.6 is 0 Å². The highest BCUT2D eigenvalue weighted by Gasteiger charge is 2.25. The van der Waals surface area contributed by atoms with Crippen LogP contribution in [0, 0.1) is 12.8 Å². The van der Waals surface area contributed by atoms with Gasteiger partial charge in [0, 0.05) is 31.6 Å². The van der Waals surface area contributed by atoms with E-state index in [1.807, 2.05) is 0 Å². The van der Waals surface area contributed by atoms with Crippen LogP contribution in [-0.2, 0) is 6.42 Å². The van der Waals surface area contributed by atoms with Crippen LogP contribution < -0.4 is 10.2 Å². The summed E-state index contributed by atoms with van der Waals surface area (Å²) >= 11 is 0. The van der Waals surface area contributed by atoms with E-state index in [4.69, 9.17) is 4.98 Å². The lowest BCUT2D eigenvalue weighted by atomic mass is 10.2. The molecule has 1 saturated carbocycles. The van der Waals surface area contributed by atoms with Crippen molar-refractivity contribution in [2.75, 3.05) is 29.9 Å². The summed E-state index contributed by atoms with van der Waals surface area (Å²) in [6.07, 6.45) is 4.79. The van der Waals surface area contributed by atoms with Crippen molar-refractivity contribution in [2.24, 2.45) is 5.92 Å². The van der Waals surface area contributed by atoms with E-state index >= 15 is 0 Å². The molecule has 0 radical (unpaired) electrons. The Balaban J connectivity index is 2.31. The molecule has 0 amide bonds. The van der Waals surface area contributed by atoms with Gasteiger partial charge in [0.2, 0.25) is 0 Å². The fourth-order valence-electron chi connectivity index (χ4n) is 2.51. The number of nitrogens with one attached hydrogen (secondary N) is 1. The Morgan fingerprint density at radius 1 is 1.20 bits per heavy atom. The van der Waals surface area contributed by atoms with E-state index in [0.717, 1.165) is 55.9 Å². The average molecular weight is 276 g/mol. The van der Waals surface area contributed by atoms with E-state index in [1.54, 1.807) is 0 Å². The van der Waals surface area contributed by atoms with Gasteiger partial charge in [-0.25, -0.2) is 9.97 Å². The minimum Gasteiger partial charge on any atom is -0.370 e. The van der Waals surface area contributed by atoms with Gasteiger partial charge in [0.05, 0.1) is 0 Å². The third-order valence-electron chi connectivity index (χ3n) is 3.84. The fourth-order valence-corrected chi connectivity index (χ4v) is 2.51. The third-order valence-corrected chi connectivity index (χ3v) is 3.84. The molecule has 1 aromatic rings. The highest BCUT2D eigenvalue weighted by atomic mass is 15.2. The summed E-state index contributed by atoms with van der Waals surface area (Å²) in [4.78, 5) is 11.9. The average Bonchev–Trinajstić information content (AvgIpc) is 3.24. The quantitative estimate of drug-likeness (QED) is 0.790. The van der Waals surface area contributed by atoms with Crippen molar-refractivity contribution >= 4 is 11.6 Å². The number of hydrogen-bond donors (Lipinski definition) is 1. The van der Waals surface area contributed by atoms with Crippen molar-refractivity contribution in [2.45, 2.75) is 53.4 Å². The SMILES string of the molecule is CCCc1nc(NCC)c(C)c(N(CC)CC2CC2)n1. The van der Waals surface area contributed by atoms with Crippen molar-refractivity contribution in [3.05, 3.63) is 11.4 Å². The van der Waals surface area contributed by atoms with Crippen LogP contribution in [0.15, 0.2) is 0 Å². The normalized spacial score (nSPS) is 14.4. The minimum atomic E-state index is 0.876. The lowest BCUT2D eigenvalue weighted by molar-refractivity contribution is 0.719. The molecular weight excluding hydrogens is 248 g/mol. The molecule has 0 saturated heterocycles. The fraction of sp³-hybridized carbons (Fsp3) is 0.750. The number of aryl methyl sites for hydroxylation is 1. The maximum Gasteiger partial charge on any atom is 0.137 e. The molecule has 1 fully saturated rings. The summed E-state index contributed by atoms with van der Waals surface area (Å²) in [5.41, 5.74) is 1.19. The molecule has 4 nitrogen and oxygen atoms in total. The van der Waals surface area contributed by atoms with Gasteiger partial charge in [0.15, 0.2) is 0 Å². The Hall–Kier alpha value is -1.32. The topological polar surface area (TPSA) is 41.1 Å². The number of nitrogens with zero attached hydrogens (tertiary/aromatic N) is 3. The molecule has 1 aliphatic rings. The minimum absolute atomic E-state index is 0.876. The highest BCUT2D eigenvalue weighted by molar-refractivity contribution is 5.58. The first-order chi connectivity index (χ1) is 9.69. The summed E-state index contributed by atoms with van der Waals surface area (Å²) in [7, 11) is 0. The molecule has 2 rings (SSSR count). The van der Waals surface area contributed by atoms with Crippen molar-refractivity contribution in [3.63, 3.8) is 0 Å². The summed E-state index contributed by atoms with van der Waals surface area (Å²) < 4.78 is 0. The van der Waals surface area contributed by atoms with Crippen LogP contribution in [0.5, 0.6) is 0 Å². The molecule has 4 heteroatoms. The van der Waals surface area contributed by atoms with Gasteiger partial charge in [0.1, 0.15) is 17.5 Å². The van der Waals surface area contributed by atoms with Crippen LogP contribution in [0.2, 0.25) is 0 Å². The van der Waals surface area contributed by atoms with Gasteiger partial charge in [0.25, 0.3) is 0 Å². The molecular formula is C16H28N4. The van der Waals surface area contributed by atoms with Gasteiger partial charge in [-0.15, -0.1) is 0 Å². The second-order valence-electron chi connectivity index (χ2n) is 5.70. The molecule has 0 atom stereocenters. The van der Waals surface area contributed by atoms with Crippen LogP contribution in [0.1, 0.15) is 51.4 Å². The Morgan fingerprint density at radius 2 is 1.95 bits per heavy atom. The van der Waals surface area contributed by atoms with E-state index in [2.05, 4.69) is 42.9 Å². The third kappa shape index (κ3) is 3.62. The Labute approximate surface area is 123 Å². The molecule has 1 N–H and O–H groups in total. The molecule has 0 bridgehead atoms. The smallest absolute Gasteiger partial charge is 0.137 e. The van der Waals surface area contributed by atoms with Crippen LogP contribution in [-0.4, -0.2) is 29.6 Å². The van der Waals surface area contributed by atoms with Crippen LogP contribution in [0.3, 0.4) is 0 Å². The summed E-state index contributed by atoms with van der Waals surface area (Å²) in [5.74, 6) is 3.99. The van der Waals surface area contributed by atoms with Crippen molar-refractivity contribution in [1.82, 2.24) is 9.97 Å². The molecule has 112 valence electrons. The lowest BCUT2D eigenvalue weighted by Gasteiger charge is -2.25. The molecule has 0 aromatic carbocycles. The van der Waals surface area contributed by atoms with Gasteiger partial charge in [-0.3, -0.25) is 0 Å². The number of anilines is 2. The molecule has 0 unspecified atom stereocenters. The van der Waals surface area contributed by atoms with Crippen molar-refractivity contribution in [1.29, 1.82) is 0 Å². The van der Waals surface area contributed by atoms with Gasteiger partial charge in [-0.05, 0) is 46.0 Å². The zero-order chi connectivity index (χ0) is 14.5. The van der Waals surface area contributed by atoms with Crippen LogP contribution in [0.4, 0.5) is 11.6 Å². The summed E-state index contributed by atoms with van der Waals surface area (Å²) in [5, 5.41) is 3.39. The first-order valence-corrected chi connectivity index (χ1v) is 8.05. The van der Waals surface area contributed by atoms with Gasteiger partial charge in [-0.1, -0.05) is 6.92 Å². The zero-order valence-corrected chi connectivity index (χ0v) is 13.4. The van der Waals surface area contributed by atoms with E-state index < -0.39 is 0 Å².